The van der Waals surface area contributed by atoms with E-state index >= 15 is 0 Å². The first-order chi connectivity index (χ1) is 11.5. The molecule has 1 aliphatic heterocycles. The van der Waals surface area contributed by atoms with Crippen LogP contribution in [0.15, 0.2) is 24.5 Å². The smallest absolute Gasteiger partial charge is 0.137 e. The molecule has 4 nitrogen and oxygen atoms in total. The number of aliphatic hydroxyl groups is 1. The van der Waals surface area contributed by atoms with Crippen molar-refractivity contribution < 1.29 is 5.11 Å². The van der Waals surface area contributed by atoms with Gasteiger partial charge in [-0.3, -0.25) is 4.90 Å². The number of aryl methyl sites for hydroxylation is 4. The molecule has 1 aliphatic rings. The fraction of sp³-hybridized carbons (Fsp3) is 0.550. The monoisotopic (exact) mass is 327 g/mol. The van der Waals surface area contributed by atoms with Gasteiger partial charge >= 0.3 is 0 Å². The molecule has 0 aliphatic carbocycles. The first-order valence-electron chi connectivity index (χ1n) is 8.90. The molecular weight excluding hydrogens is 298 g/mol. The minimum atomic E-state index is -0.449. The topological polar surface area (TPSA) is 41.3 Å². The number of nitrogens with zero attached hydrogens (tertiary/aromatic N) is 3. The van der Waals surface area contributed by atoms with Crippen LogP contribution in [0.3, 0.4) is 0 Å². The Balaban J connectivity index is 1.61. The van der Waals surface area contributed by atoms with Gasteiger partial charge in [0.05, 0.1) is 0 Å². The van der Waals surface area contributed by atoms with Gasteiger partial charge in [-0.25, -0.2) is 4.98 Å². The Bertz CT molecular complexity index is 676. The van der Waals surface area contributed by atoms with Crippen molar-refractivity contribution in [1.82, 2.24) is 14.5 Å². The van der Waals surface area contributed by atoms with Crippen LogP contribution in [0, 0.1) is 26.7 Å². The first-order valence-corrected chi connectivity index (χ1v) is 8.90. The van der Waals surface area contributed by atoms with Crippen LogP contribution in [0.25, 0.3) is 0 Å². The van der Waals surface area contributed by atoms with Gasteiger partial charge in [-0.15, -0.1) is 0 Å². The van der Waals surface area contributed by atoms with Crippen LogP contribution in [0.5, 0.6) is 0 Å². The number of aromatic nitrogens is 2. The predicted molar refractivity (Wildman–Crippen MR) is 96.8 cm³/mol. The molecule has 1 fully saturated rings. The van der Waals surface area contributed by atoms with E-state index in [2.05, 4.69) is 42.8 Å². The molecule has 1 aromatic carbocycles. The number of benzene rings is 1. The molecular formula is C20H29N3O. The number of hydrogen-bond donors (Lipinski definition) is 1. The van der Waals surface area contributed by atoms with Crippen molar-refractivity contribution in [3.8, 4) is 0 Å². The molecule has 1 atom stereocenters. The second-order valence-electron chi connectivity index (χ2n) is 7.33. The van der Waals surface area contributed by atoms with Crippen LogP contribution in [-0.2, 0) is 13.6 Å². The van der Waals surface area contributed by atoms with Crippen LogP contribution in [0.4, 0.5) is 0 Å². The number of rotatable bonds is 4. The van der Waals surface area contributed by atoms with Gasteiger partial charge in [-0.1, -0.05) is 17.7 Å². The molecule has 2 heterocycles. The van der Waals surface area contributed by atoms with E-state index in [4.69, 9.17) is 0 Å². The van der Waals surface area contributed by atoms with Crippen LogP contribution in [0.1, 0.15) is 47.0 Å². The summed E-state index contributed by atoms with van der Waals surface area (Å²) < 4.78 is 1.93. The quantitative estimate of drug-likeness (QED) is 0.937. The Hall–Kier alpha value is -1.65. The molecule has 0 saturated carbocycles. The highest BCUT2D eigenvalue weighted by Crippen LogP contribution is 2.30. The number of imidazole rings is 1. The lowest BCUT2D eigenvalue weighted by Gasteiger charge is -2.34. The van der Waals surface area contributed by atoms with Gasteiger partial charge in [-0.2, -0.15) is 0 Å². The van der Waals surface area contributed by atoms with Crippen molar-refractivity contribution in [3.63, 3.8) is 0 Å². The molecule has 2 aromatic rings. The average molecular weight is 327 g/mol. The summed E-state index contributed by atoms with van der Waals surface area (Å²) in [6, 6.07) is 4.56. The molecule has 1 aromatic heterocycles. The Kier molecular flexibility index (Phi) is 5.07. The second-order valence-corrected chi connectivity index (χ2v) is 7.33. The number of likely N-dealkylation sites (tertiary alicyclic amines) is 1. The van der Waals surface area contributed by atoms with E-state index in [0.717, 1.165) is 38.3 Å². The van der Waals surface area contributed by atoms with Gasteiger partial charge in [0.1, 0.15) is 11.9 Å². The number of aliphatic hydroxyl groups excluding tert-OH is 1. The van der Waals surface area contributed by atoms with Gasteiger partial charge in [0.25, 0.3) is 0 Å². The molecule has 130 valence electrons. The molecule has 1 unspecified atom stereocenters. The molecule has 24 heavy (non-hydrogen) atoms. The molecule has 1 saturated heterocycles. The average Bonchev–Trinajstić information content (AvgIpc) is 2.97. The summed E-state index contributed by atoms with van der Waals surface area (Å²) in [6.07, 6.45) is 5.26. The molecule has 3 rings (SSSR count). The van der Waals surface area contributed by atoms with E-state index < -0.39 is 6.10 Å². The fourth-order valence-electron chi connectivity index (χ4n) is 3.98. The number of hydrogen-bond acceptors (Lipinski definition) is 3. The van der Waals surface area contributed by atoms with Crippen LogP contribution < -0.4 is 0 Å². The Morgan fingerprint density at radius 1 is 1.17 bits per heavy atom. The van der Waals surface area contributed by atoms with Gasteiger partial charge in [0.15, 0.2) is 0 Å². The van der Waals surface area contributed by atoms with E-state index in [1.165, 1.54) is 22.3 Å². The van der Waals surface area contributed by atoms with Crippen LogP contribution in [0.2, 0.25) is 0 Å². The number of piperidine rings is 1. The third kappa shape index (κ3) is 3.55. The van der Waals surface area contributed by atoms with Gasteiger partial charge in [0.2, 0.25) is 0 Å². The normalized spacial score (nSPS) is 18.0. The first kappa shape index (κ1) is 17.2. The third-order valence-corrected chi connectivity index (χ3v) is 5.42. The largest absolute Gasteiger partial charge is 0.385 e. The van der Waals surface area contributed by atoms with Gasteiger partial charge in [-0.05, 0) is 69.3 Å². The summed E-state index contributed by atoms with van der Waals surface area (Å²) in [6.45, 7) is 9.69. The van der Waals surface area contributed by atoms with E-state index in [-0.39, 0.29) is 0 Å². The van der Waals surface area contributed by atoms with Gasteiger partial charge < -0.3 is 9.67 Å². The summed E-state index contributed by atoms with van der Waals surface area (Å²) in [5.74, 6) is 1.10. The lowest BCUT2D eigenvalue weighted by molar-refractivity contribution is 0.0491. The highest BCUT2D eigenvalue weighted by Gasteiger charge is 2.28. The van der Waals surface area contributed by atoms with Crippen molar-refractivity contribution >= 4 is 0 Å². The third-order valence-electron chi connectivity index (χ3n) is 5.42. The lowest BCUT2D eigenvalue weighted by atomic mass is 9.90. The zero-order valence-electron chi connectivity index (χ0n) is 15.3. The summed E-state index contributed by atoms with van der Waals surface area (Å²) in [5.41, 5.74) is 5.58. The molecule has 0 bridgehead atoms. The zero-order valence-corrected chi connectivity index (χ0v) is 15.3. The molecule has 1 N–H and O–H groups in total. The second kappa shape index (κ2) is 7.08. The maximum absolute atomic E-state index is 10.6. The van der Waals surface area contributed by atoms with Crippen molar-refractivity contribution in [1.29, 1.82) is 0 Å². The van der Waals surface area contributed by atoms with Crippen molar-refractivity contribution in [3.05, 3.63) is 52.6 Å². The van der Waals surface area contributed by atoms with E-state index in [1.54, 1.807) is 6.20 Å². The fourth-order valence-corrected chi connectivity index (χ4v) is 3.98. The van der Waals surface area contributed by atoms with E-state index in [0.29, 0.717) is 5.92 Å². The maximum Gasteiger partial charge on any atom is 0.137 e. The highest BCUT2D eigenvalue weighted by atomic mass is 16.3. The summed E-state index contributed by atoms with van der Waals surface area (Å²) in [5, 5.41) is 10.6. The SMILES string of the molecule is Cc1cc(C)c(CN2CCC(C(O)c3nccn3C)CC2)c(C)c1. The Labute approximate surface area is 145 Å². The molecule has 0 radical (unpaired) electrons. The van der Waals surface area contributed by atoms with Crippen LogP contribution >= 0.6 is 0 Å². The summed E-state index contributed by atoms with van der Waals surface area (Å²) in [4.78, 5) is 6.83. The minimum absolute atomic E-state index is 0.308. The van der Waals surface area contributed by atoms with Crippen molar-refractivity contribution in [2.45, 2.75) is 46.3 Å². The molecule has 0 spiro atoms. The Morgan fingerprint density at radius 2 is 1.79 bits per heavy atom. The highest BCUT2D eigenvalue weighted by molar-refractivity contribution is 5.37. The Morgan fingerprint density at radius 3 is 2.33 bits per heavy atom. The van der Waals surface area contributed by atoms with Crippen molar-refractivity contribution in [2.24, 2.45) is 13.0 Å². The van der Waals surface area contributed by atoms with E-state index in [9.17, 15) is 5.11 Å². The molecule has 0 amide bonds. The van der Waals surface area contributed by atoms with Crippen LogP contribution in [-0.4, -0.2) is 32.6 Å². The van der Waals surface area contributed by atoms with Gasteiger partial charge in [0, 0.05) is 26.0 Å². The van der Waals surface area contributed by atoms with E-state index in [1.807, 2.05) is 17.8 Å². The standard InChI is InChI=1S/C20H29N3O/c1-14-11-15(2)18(16(3)12-14)13-23-8-5-17(6-9-23)19(24)20-21-7-10-22(20)4/h7,10-12,17,19,24H,5-6,8-9,13H2,1-4H3. The lowest BCUT2D eigenvalue weighted by Crippen LogP contribution is -2.36. The van der Waals surface area contributed by atoms with Crippen molar-refractivity contribution in [2.75, 3.05) is 13.1 Å². The predicted octanol–water partition coefficient (Wildman–Crippen LogP) is 3.29. The maximum atomic E-state index is 10.6. The molecule has 4 heteroatoms. The summed E-state index contributed by atoms with van der Waals surface area (Å²) >= 11 is 0. The minimum Gasteiger partial charge on any atom is -0.385 e. The zero-order chi connectivity index (χ0) is 17.3. The summed E-state index contributed by atoms with van der Waals surface area (Å²) in [7, 11) is 1.95.